The fraction of sp³-hybridized carbons (Fsp3) is 0.900. The van der Waals surface area contributed by atoms with E-state index >= 15 is 0 Å². The minimum atomic E-state index is -1.68. The Balaban J connectivity index is 1.98. The molecule has 86 valence electrons. The first-order chi connectivity index (χ1) is 7.22. The number of rotatable bonds is 1. The van der Waals surface area contributed by atoms with E-state index in [2.05, 4.69) is 5.32 Å². The van der Waals surface area contributed by atoms with Crippen molar-refractivity contribution < 1.29 is 13.9 Å². The van der Waals surface area contributed by atoms with Crippen LogP contribution >= 0.6 is 0 Å². The van der Waals surface area contributed by atoms with E-state index in [4.69, 9.17) is 4.74 Å². The molecular formula is C10H17FN2O2. The van der Waals surface area contributed by atoms with Crippen molar-refractivity contribution >= 4 is 5.91 Å². The number of carbonyl (C=O) groups is 1. The highest BCUT2D eigenvalue weighted by molar-refractivity contribution is 5.85. The van der Waals surface area contributed by atoms with E-state index in [0.29, 0.717) is 32.7 Å². The Morgan fingerprint density at radius 1 is 1.40 bits per heavy atom. The number of carbonyl (C=O) groups excluding carboxylic acids is 1. The van der Waals surface area contributed by atoms with Crippen molar-refractivity contribution in [1.29, 1.82) is 0 Å². The Morgan fingerprint density at radius 3 is 2.73 bits per heavy atom. The maximum Gasteiger partial charge on any atom is 0.261 e. The first-order valence-corrected chi connectivity index (χ1v) is 5.49. The van der Waals surface area contributed by atoms with Gasteiger partial charge < -0.3 is 15.0 Å². The smallest absolute Gasteiger partial charge is 0.261 e. The molecule has 0 spiro atoms. The van der Waals surface area contributed by atoms with Crippen LogP contribution in [0.25, 0.3) is 0 Å². The summed E-state index contributed by atoms with van der Waals surface area (Å²) in [6, 6.07) is 0. The number of morpholine rings is 1. The second kappa shape index (κ2) is 4.45. The highest BCUT2D eigenvalue weighted by Crippen LogP contribution is 2.24. The summed E-state index contributed by atoms with van der Waals surface area (Å²) in [5.41, 5.74) is -1.68. The Bertz CT molecular complexity index is 236. The van der Waals surface area contributed by atoms with Gasteiger partial charge in [0.2, 0.25) is 5.67 Å². The van der Waals surface area contributed by atoms with Crippen LogP contribution in [0.1, 0.15) is 12.8 Å². The molecule has 4 nitrogen and oxygen atoms in total. The van der Waals surface area contributed by atoms with Gasteiger partial charge in [0.05, 0.1) is 13.2 Å². The third kappa shape index (κ3) is 2.29. The fourth-order valence-electron chi connectivity index (χ4n) is 2.10. The standard InChI is InChI=1S/C10H17FN2O2/c11-10(2-1-3-12-8-10)9(14)13-4-6-15-7-5-13/h12H,1-8H2. The van der Waals surface area contributed by atoms with Crippen LogP contribution < -0.4 is 5.32 Å². The Hall–Kier alpha value is -0.680. The van der Waals surface area contributed by atoms with Crippen LogP contribution in [0.3, 0.4) is 0 Å². The normalized spacial score (nSPS) is 32.7. The molecule has 2 aliphatic rings. The molecule has 0 aromatic carbocycles. The number of hydrogen-bond acceptors (Lipinski definition) is 3. The third-order valence-corrected chi connectivity index (χ3v) is 3.01. The predicted molar refractivity (Wildman–Crippen MR) is 53.3 cm³/mol. The average molecular weight is 216 g/mol. The van der Waals surface area contributed by atoms with Crippen LogP contribution in [-0.2, 0) is 9.53 Å². The lowest BCUT2D eigenvalue weighted by molar-refractivity contribution is -0.149. The van der Waals surface area contributed by atoms with E-state index in [9.17, 15) is 9.18 Å². The number of piperidine rings is 1. The number of hydrogen-bond donors (Lipinski definition) is 1. The molecule has 0 aromatic rings. The highest BCUT2D eigenvalue weighted by Gasteiger charge is 2.42. The molecule has 2 rings (SSSR count). The Labute approximate surface area is 88.8 Å². The summed E-state index contributed by atoms with van der Waals surface area (Å²) in [7, 11) is 0. The first kappa shape index (κ1) is 10.8. The summed E-state index contributed by atoms with van der Waals surface area (Å²) in [6.45, 7) is 3.05. The lowest BCUT2D eigenvalue weighted by Crippen LogP contribution is -2.56. The van der Waals surface area contributed by atoms with Crippen molar-refractivity contribution in [3.8, 4) is 0 Å². The maximum absolute atomic E-state index is 14.3. The zero-order chi connectivity index (χ0) is 10.7. The molecule has 1 atom stereocenters. The monoisotopic (exact) mass is 216 g/mol. The molecular weight excluding hydrogens is 199 g/mol. The SMILES string of the molecule is O=C(N1CCOCC1)C1(F)CCCNC1. The Kier molecular flexibility index (Phi) is 3.21. The third-order valence-electron chi connectivity index (χ3n) is 3.01. The Morgan fingerprint density at radius 2 is 2.13 bits per heavy atom. The van der Waals surface area contributed by atoms with Crippen molar-refractivity contribution in [3.63, 3.8) is 0 Å². The molecule has 2 heterocycles. The second-order valence-corrected chi connectivity index (χ2v) is 4.15. The molecule has 2 saturated heterocycles. The summed E-state index contributed by atoms with van der Waals surface area (Å²) in [6.07, 6.45) is 1.07. The minimum Gasteiger partial charge on any atom is -0.378 e. The predicted octanol–water partition coefficient (Wildman–Crippen LogP) is -0.0631. The summed E-state index contributed by atoms with van der Waals surface area (Å²) >= 11 is 0. The van der Waals surface area contributed by atoms with Crippen molar-refractivity contribution in [2.24, 2.45) is 0 Å². The van der Waals surface area contributed by atoms with E-state index in [1.807, 2.05) is 0 Å². The van der Waals surface area contributed by atoms with Gasteiger partial charge in [-0.15, -0.1) is 0 Å². The molecule has 0 saturated carbocycles. The van der Waals surface area contributed by atoms with Gasteiger partial charge in [0, 0.05) is 19.6 Å². The lowest BCUT2D eigenvalue weighted by atomic mass is 9.94. The molecule has 2 fully saturated rings. The van der Waals surface area contributed by atoms with Gasteiger partial charge in [0.15, 0.2) is 0 Å². The van der Waals surface area contributed by atoms with Crippen LogP contribution in [0.5, 0.6) is 0 Å². The van der Waals surface area contributed by atoms with Crippen molar-refractivity contribution in [2.75, 3.05) is 39.4 Å². The van der Waals surface area contributed by atoms with Gasteiger partial charge in [-0.1, -0.05) is 0 Å². The largest absolute Gasteiger partial charge is 0.378 e. The topological polar surface area (TPSA) is 41.6 Å². The van der Waals surface area contributed by atoms with Crippen LogP contribution in [0.2, 0.25) is 0 Å². The van der Waals surface area contributed by atoms with Gasteiger partial charge in [0.1, 0.15) is 0 Å². The molecule has 15 heavy (non-hydrogen) atoms. The van der Waals surface area contributed by atoms with Crippen LogP contribution in [0, 0.1) is 0 Å². The number of halogens is 1. The molecule has 0 bridgehead atoms. The van der Waals surface area contributed by atoms with E-state index in [-0.39, 0.29) is 12.5 Å². The number of amides is 1. The summed E-state index contributed by atoms with van der Waals surface area (Å²) < 4.78 is 19.4. The zero-order valence-corrected chi connectivity index (χ0v) is 8.80. The minimum absolute atomic E-state index is 0.156. The molecule has 0 aromatic heterocycles. The van der Waals surface area contributed by atoms with Gasteiger partial charge in [-0.05, 0) is 19.4 Å². The summed E-state index contributed by atoms with van der Waals surface area (Å²) in [5, 5.41) is 2.94. The average Bonchev–Trinajstić information content (AvgIpc) is 2.30. The summed E-state index contributed by atoms with van der Waals surface area (Å²) in [5.74, 6) is -0.363. The first-order valence-electron chi connectivity index (χ1n) is 5.49. The van der Waals surface area contributed by atoms with Crippen molar-refractivity contribution in [1.82, 2.24) is 10.2 Å². The lowest BCUT2D eigenvalue weighted by Gasteiger charge is -2.35. The molecule has 1 unspecified atom stereocenters. The van der Waals surface area contributed by atoms with Gasteiger partial charge in [-0.2, -0.15) is 0 Å². The molecule has 5 heteroatoms. The maximum atomic E-state index is 14.3. The van der Waals surface area contributed by atoms with Gasteiger partial charge in [-0.3, -0.25) is 4.79 Å². The van der Waals surface area contributed by atoms with E-state index in [0.717, 1.165) is 13.0 Å². The number of nitrogens with zero attached hydrogens (tertiary/aromatic N) is 1. The fourth-order valence-corrected chi connectivity index (χ4v) is 2.10. The van der Waals surface area contributed by atoms with E-state index in [1.54, 1.807) is 4.90 Å². The van der Waals surface area contributed by atoms with Gasteiger partial charge in [-0.25, -0.2) is 4.39 Å². The number of alkyl halides is 1. The van der Waals surface area contributed by atoms with Gasteiger partial charge >= 0.3 is 0 Å². The van der Waals surface area contributed by atoms with E-state index in [1.165, 1.54) is 0 Å². The molecule has 0 aliphatic carbocycles. The molecule has 2 aliphatic heterocycles. The van der Waals surface area contributed by atoms with Crippen LogP contribution in [-0.4, -0.2) is 55.9 Å². The number of nitrogens with one attached hydrogen (secondary N) is 1. The highest BCUT2D eigenvalue weighted by atomic mass is 19.1. The second-order valence-electron chi connectivity index (χ2n) is 4.15. The quantitative estimate of drug-likeness (QED) is 0.667. The van der Waals surface area contributed by atoms with Gasteiger partial charge in [0.25, 0.3) is 5.91 Å². The van der Waals surface area contributed by atoms with Crippen molar-refractivity contribution in [3.05, 3.63) is 0 Å². The van der Waals surface area contributed by atoms with Crippen LogP contribution in [0.15, 0.2) is 0 Å². The molecule has 1 N–H and O–H groups in total. The van der Waals surface area contributed by atoms with E-state index < -0.39 is 5.67 Å². The summed E-state index contributed by atoms with van der Waals surface area (Å²) in [4.78, 5) is 13.5. The van der Waals surface area contributed by atoms with Crippen molar-refractivity contribution in [2.45, 2.75) is 18.5 Å². The number of ether oxygens (including phenoxy) is 1. The molecule has 0 radical (unpaired) electrons. The zero-order valence-electron chi connectivity index (χ0n) is 8.80. The van der Waals surface area contributed by atoms with Crippen LogP contribution in [0.4, 0.5) is 4.39 Å². The molecule has 1 amide bonds.